The van der Waals surface area contributed by atoms with Gasteiger partial charge in [-0.15, -0.1) is 0 Å². The second-order valence-electron chi connectivity index (χ2n) is 7.88. The molecule has 2 aromatic carbocycles. The van der Waals surface area contributed by atoms with Crippen LogP contribution in [0, 0.1) is 24.1 Å². The Balaban J connectivity index is 1.35. The van der Waals surface area contributed by atoms with Crippen LogP contribution < -0.4 is 10.5 Å². The number of aromatic nitrogens is 2. The van der Waals surface area contributed by atoms with Crippen molar-refractivity contribution in [2.24, 2.45) is 0 Å². The fourth-order valence-electron chi connectivity index (χ4n) is 4.16. The highest BCUT2D eigenvalue weighted by molar-refractivity contribution is 5.46. The molecule has 1 fully saturated rings. The van der Waals surface area contributed by atoms with E-state index in [2.05, 4.69) is 15.9 Å². The molecule has 2 heterocycles. The van der Waals surface area contributed by atoms with Crippen LogP contribution in [-0.4, -0.2) is 47.0 Å². The molecule has 0 radical (unpaired) electrons. The number of halogens is 1. The Morgan fingerprint density at radius 2 is 1.58 bits per heavy atom. The SMILES string of the molecule is Cc1cc(=O)n(CCCN2CCN(c3ccc(F)cc3)CC2)n1-c1ccc(C#N)cc1. The summed E-state index contributed by atoms with van der Waals surface area (Å²) in [5, 5.41) is 9.01. The van der Waals surface area contributed by atoms with Crippen LogP contribution in [0.1, 0.15) is 17.7 Å². The van der Waals surface area contributed by atoms with Gasteiger partial charge in [0.2, 0.25) is 0 Å². The van der Waals surface area contributed by atoms with Gasteiger partial charge in [-0.25, -0.2) is 9.07 Å². The number of rotatable bonds is 6. The van der Waals surface area contributed by atoms with E-state index in [1.807, 2.05) is 35.9 Å². The van der Waals surface area contributed by atoms with Crippen molar-refractivity contribution in [2.45, 2.75) is 19.9 Å². The number of piperazine rings is 1. The summed E-state index contributed by atoms with van der Waals surface area (Å²) < 4.78 is 16.8. The first kappa shape index (κ1) is 20.9. The van der Waals surface area contributed by atoms with Gasteiger partial charge in [-0.3, -0.25) is 14.4 Å². The third-order valence-electron chi connectivity index (χ3n) is 5.81. The summed E-state index contributed by atoms with van der Waals surface area (Å²) in [5.41, 5.74) is 3.41. The smallest absolute Gasteiger partial charge is 0.267 e. The van der Waals surface area contributed by atoms with Crippen molar-refractivity contribution < 1.29 is 4.39 Å². The van der Waals surface area contributed by atoms with Gasteiger partial charge in [0.1, 0.15) is 5.82 Å². The van der Waals surface area contributed by atoms with Gasteiger partial charge < -0.3 is 4.90 Å². The van der Waals surface area contributed by atoms with Gasteiger partial charge in [0.15, 0.2) is 0 Å². The highest BCUT2D eigenvalue weighted by Crippen LogP contribution is 2.17. The number of hydrogen-bond acceptors (Lipinski definition) is 4. The average molecular weight is 420 g/mol. The molecule has 1 aliphatic rings. The standard InChI is InChI=1S/C24H26FN5O/c1-19-17-24(31)29(30(19)23-7-3-20(18-26)4-8-23)12-2-11-27-13-15-28(16-14-27)22-9-5-21(25)6-10-22/h3-10,17H,2,11-16H2,1H3. The van der Waals surface area contributed by atoms with Crippen molar-refractivity contribution in [3.8, 4) is 11.8 Å². The zero-order valence-corrected chi connectivity index (χ0v) is 17.7. The molecule has 0 bridgehead atoms. The summed E-state index contributed by atoms with van der Waals surface area (Å²) in [6, 6.07) is 17.7. The molecular formula is C24H26FN5O. The topological polar surface area (TPSA) is 57.2 Å². The van der Waals surface area contributed by atoms with Gasteiger partial charge in [0, 0.05) is 56.7 Å². The van der Waals surface area contributed by atoms with E-state index in [0.717, 1.165) is 56.2 Å². The van der Waals surface area contributed by atoms with Crippen LogP contribution in [0.2, 0.25) is 0 Å². The maximum absolute atomic E-state index is 13.1. The quantitative estimate of drug-likeness (QED) is 0.616. The predicted octanol–water partition coefficient (Wildman–Crippen LogP) is 3.17. The van der Waals surface area contributed by atoms with Gasteiger partial charge in [0.05, 0.1) is 17.3 Å². The largest absolute Gasteiger partial charge is 0.369 e. The molecule has 3 aromatic rings. The molecule has 1 saturated heterocycles. The van der Waals surface area contributed by atoms with Crippen LogP contribution in [0.25, 0.3) is 5.69 Å². The maximum Gasteiger partial charge on any atom is 0.267 e. The summed E-state index contributed by atoms with van der Waals surface area (Å²) in [5.74, 6) is -0.210. The van der Waals surface area contributed by atoms with Gasteiger partial charge >= 0.3 is 0 Å². The number of aryl methyl sites for hydroxylation is 1. The normalized spacial score (nSPS) is 14.5. The maximum atomic E-state index is 13.1. The fraction of sp³-hybridized carbons (Fsp3) is 0.333. The molecule has 0 saturated carbocycles. The lowest BCUT2D eigenvalue weighted by Gasteiger charge is -2.36. The molecule has 0 atom stereocenters. The number of nitriles is 1. The monoisotopic (exact) mass is 419 g/mol. The molecule has 0 spiro atoms. The molecule has 31 heavy (non-hydrogen) atoms. The summed E-state index contributed by atoms with van der Waals surface area (Å²) >= 11 is 0. The fourth-order valence-corrected chi connectivity index (χ4v) is 4.16. The van der Waals surface area contributed by atoms with Crippen molar-refractivity contribution >= 4 is 5.69 Å². The van der Waals surface area contributed by atoms with Gasteiger partial charge in [-0.2, -0.15) is 5.26 Å². The van der Waals surface area contributed by atoms with Crippen LogP contribution in [0.4, 0.5) is 10.1 Å². The first-order chi connectivity index (χ1) is 15.0. The summed E-state index contributed by atoms with van der Waals surface area (Å²) in [4.78, 5) is 17.2. The third-order valence-corrected chi connectivity index (χ3v) is 5.81. The van der Waals surface area contributed by atoms with Crippen LogP contribution >= 0.6 is 0 Å². The molecule has 1 aliphatic heterocycles. The van der Waals surface area contributed by atoms with Crippen molar-refractivity contribution in [3.63, 3.8) is 0 Å². The molecule has 0 amide bonds. The molecule has 0 aliphatic carbocycles. The molecule has 0 N–H and O–H groups in total. The number of anilines is 1. The van der Waals surface area contributed by atoms with Crippen LogP contribution in [0.15, 0.2) is 59.4 Å². The predicted molar refractivity (Wildman–Crippen MR) is 119 cm³/mol. The lowest BCUT2D eigenvalue weighted by Crippen LogP contribution is -2.46. The molecule has 0 unspecified atom stereocenters. The Morgan fingerprint density at radius 3 is 2.23 bits per heavy atom. The first-order valence-corrected chi connectivity index (χ1v) is 10.6. The number of hydrogen-bond donors (Lipinski definition) is 0. The summed E-state index contributed by atoms with van der Waals surface area (Å²) in [7, 11) is 0. The Kier molecular flexibility index (Phi) is 6.19. The van der Waals surface area contributed by atoms with E-state index >= 15 is 0 Å². The second kappa shape index (κ2) is 9.19. The van der Waals surface area contributed by atoms with Crippen molar-refractivity contribution in [2.75, 3.05) is 37.6 Å². The third kappa shape index (κ3) is 4.70. The molecule has 6 nitrogen and oxygen atoms in total. The Labute approximate surface area is 181 Å². The molecule has 1 aromatic heterocycles. The van der Waals surface area contributed by atoms with Crippen molar-refractivity contribution in [3.05, 3.63) is 82.0 Å². The zero-order valence-electron chi connectivity index (χ0n) is 17.7. The number of benzene rings is 2. The zero-order chi connectivity index (χ0) is 21.8. The van der Waals surface area contributed by atoms with Crippen LogP contribution in [-0.2, 0) is 6.54 Å². The van der Waals surface area contributed by atoms with E-state index in [-0.39, 0.29) is 11.4 Å². The minimum absolute atomic E-state index is 0.0111. The lowest BCUT2D eigenvalue weighted by molar-refractivity contribution is 0.247. The van der Waals surface area contributed by atoms with E-state index in [9.17, 15) is 9.18 Å². The molecule has 4 rings (SSSR count). The van der Waals surface area contributed by atoms with E-state index in [1.165, 1.54) is 12.1 Å². The first-order valence-electron chi connectivity index (χ1n) is 10.6. The minimum atomic E-state index is -0.210. The van der Waals surface area contributed by atoms with Crippen LogP contribution in [0.5, 0.6) is 0 Å². The van der Waals surface area contributed by atoms with E-state index in [0.29, 0.717) is 12.1 Å². The summed E-state index contributed by atoms with van der Waals surface area (Å²) in [6.45, 7) is 7.18. The molecule has 7 heteroatoms. The molecular weight excluding hydrogens is 393 g/mol. The highest BCUT2D eigenvalue weighted by Gasteiger charge is 2.17. The van der Waals surface area contributed by atoms with Gasteiger partial charge in [-0.05, 0) is 61.9 Å². The number of nitrogens with zero attached hydrogens (tertiary/aromatic N) is 5. The van der Waals surface area contributed by atoms with Gasteiger partial charge in [-0.1, -0.05) is 0 Å². The Hall–Kier alpha value is -3.37. The van der Waals surface area contributed by atoms with E-state index in [1.54, 1.807) is 22.9 Å². The highest BCUT2D eigenvalue weighted by atomic mass is 19.1. The van der Waals surface area contributed by atoms with Crippen LogP contribution in [0.3, 0.4) is 0 Å². The average Bonchev–Trinajstić information content (AvgIpc) is 3.08. The molecule has 160 valence electrons. The Morgan fingerprint density at radius 1 is 0.935 bits per heavy atom. The van der Waals surface area contributed by atoms with E-state index in [4.69, 9.17) is 5.26 Å². The van der Waals surface area contributed by atoms with E-state index < -0.39 is 0 Å². The lowest BCUT2D eigenvalue weighted by atomic mass is 10.2. The second-order valence-corrected chi connectivity index (χ2v) is 7.88. The van der Waals surface area contributed by atoms with Crippen molar-refractivity contribution in [1.29, 1.82) is 5.26 Å². The van der Waals surface area contributed by atoms with Crippen molar-refractivity contribution in [1.82, 2.24) is 14.3 Å². The summed E-state index contributed by atoms with van der Waals surface area (Å²) in [6.07, 6.45) is 0.871. The van der Waals surface area contributed by atoms with Gasteiger partial charge in [0.25, 0.3) is 5.56 Å². The minimum Gasteiger partial charge on any atom is -0.369 e. The Bertz CT molecular complexity index is 1120.